The van der Waals surface area contributed by atoms with Crippen LogP contribution in [-0.4, -0.2) is 40.5 Å². The van der Waals surface area contributed by atoms with E-state index in [2.05, 4.69) is 6.26 Å². The molecular weight excluding hydrogens is 453 g/mol. The van der Waals surface area contributed by atoms with Crippen molar-refractivity contribution in [3.8, 4) is 0 Å². The first-order valence-corrected chi connectivity index (χ1v) is 8.98. The normalized spacial score (nSPS) is 20.8. The fourth-order valence-electron chi connectivity index (χ4n) is 3.67. The number of carbonyl (C=O) groups excluding carboxylic acids is 3. The molecule has 2 aliphatic rings. The molecule has 1 saturated heterocycles. The van der Waals surface area contributed by atoms with Crippen molar-refractivity contribution in [2.24, 2.45) is 0 Å². The number of hydrogen-bond donors (Lipinski definition) is 1. The third-order valence-electron chi connectivity index (χ3n) is 5.03. The van der Waals surface area contributed by atoms with Crippen LogP contribution < -0.4 is 4.90 Å². The molecule has 8 nitrogen and oxygen atoms in total. The summed E-state index contributed by atoms with van der Waals surface area (Å²) in [5.41, 5.74) is 2.25. The number of urea groups is 1. The van der Waals surface area contributed by atoms with Crippen LogP contribution in [0.1, 0.15) is 36.3 Å². The van der Waals surface area contributed by atoms with E-state index in [-0.39, 0.29) is 45.9 Å². The molecule has 29 heavy (non-hydrogen) atoms. The van der Waals surface area contributed by atoms with E-state index in [0.717, 1.165) is 11.1 Å². The summed E-state index contributed by atoms with van der Waals surface area (Å²) in [5.74, 6) is -0.720. The van der Waals surface area contributed by atoms with Gasteiger partial charge in [0.25, 0.3) is 5.91 Å². The molecule has 1 N–H and O–H groups in total. The summed E-state index contributed by atoms with van der Waals surface area (Å²) in [5, 5.41) is 9.99. The summed E-state index contributed by atoms with van der Waals surface area (Å²) in [4.78, 5) is 39.3. The van der Waals surface area contributed by atoms with Gasteiger partial charge in [-0.3, -0.25) is 14.5 Å². The number of carbonyl (C=O) groups is 3. The van der Waals surface area contributed by atoms with Crippen LogP contribution in [0.25, 0.3) is 0 Å². The summed E-state index contributed by atoms with van der Waals surface area (Å²) >= 11 is 0. The molecule has 1 radical (unpaired) electrons. The number of ether oxygens (including phenoxy) is 1. The van der Waals surface area contributed by atoms with Gasteiger partial charge in [-0.25, -0.2) is 4.79 Å². The molecule has 0 bridgehead atoms. The zero-order valence-corrected chi connectivity index (χ0v) is 18.7. The van der Waals surface area contributed by atoms with Gasteiger partial charge in [-0.15, -0.1) is 6.07 Å². The summed E-state index contributed by atoms with van der Waals surface area (Å²) in [6.45, 7) is 1.20. The van der Waals surface area contributed by atoms with Crippen molar-refractivity contribution < 1.29 is 61.4 Å². The van der Waals surface area contributed by atoms with Gasteiger partial charge in [-0.1, -0.05) is 6.07 Å². The van der Waals surface area contributed by atoms with Gasteiger partial charge in [0.15, 0.2) is 0 Å². The van der Waals surface area contributed by atoms with Crippen molar-refractivity contribution in [2.45, 2.75) is 38.5 Å². The number of aliphatic hydroxyl groups is 1. The molecule has 0 saturated carbocycles. The number of nitrogens with zero attached hydrogens (tertiary/aromatic N) is 2. The summed E-state index contributed by atoms with van der Waals surface area (Å²) in [6.07, 6.45) is 3.34. The van der Waals surface area contributed by atoms with Crippen LogP contribution in [0.15, 0.2) is 34.7 Å². The largest absolute Gasteiger partial charge is 0.593 e. The molecule has 2 aromatic rings. The van der Waals surface area contributed by atoms with Gasteiger partial charge < -0.3 is 14.3 Å². The molecule has 149 valence electrons. The molecule has 9 heteroatoms. The van der Waals surface area contributed by atoms with Crippen molar-refractivity contribution in [2.75, 3.05) is 11.5 Å². The maximum atomic E-state index is 12.8. The van der Waals surface area contributed by atoms with Crippen molar-refractivity contribution in [1.82, 2.24) is 4.90 Å². The van der Waals surface area contributed by atoms with E-state index in [1.54, 1.807) is 30.3 Å². The molecule has 2 unspecified atom stereocenters. The van der Waals surface area contributed by atoms with Crippen LogP contribution >= 0.6 is 0 Å². The number of amides is 4. The molecule has 1 aliphatic carbocycles. The van der Waals surface area contributed by atoms with Crippen LogP contribution in [-0.2, 0) is 60.1 Å². The molecule has 1 aromatic heterocycles. The molecule has 4 amide bonds. The fourth-order valence-corrected chi connectivity index (χ4v) is 3.67. The molecule has 1 aliphatic heterocycles. The zero-order valence-electron chi connectivity index (χ0n) is 15.8. The Labute approximate surface area is 192 Å². The van der Waals surface area contributed by atoms with Gasteiger partial charge >= 0.3 is 6.03 Å². The van der Waals surface area contributed by atoms with Gasteiger partial charge in [-0.2, -0.15) is 11.0 Å². The molecule has 2 atom stereocenters. The number of aliphatic hydroxyl groups excluding tert-OH is 1. The van der Waals surface area contributed by atoms with E-state index in [4.69, 9.17) is 9.15 Å². The van der Waals surface area contributed by atoms with Crippen LogP contribution in [0.5, 0.6) is 0 Å². The smallest absolute Gasteiger partial charge is 0.339 e. The van der Waals surface area contributed by atoms with E-state index < -0.39 is 30.0 Å². The Morgan fingerprint density at radius 3 is 2.83 bits per heavy atom. The second-order valence-corrected chi connectivity index (χ2v) is 6.83. The van der Waals surface area contributed by atoms with Crippen molar-refractivity contribution in [1.29, 1.82) is 0 Å². The minimum atomic E-state index is -0.959. The number of furan rings is 1. The number of hydrogen-bond acceptors (Lipinski definition) is 6. The summed E-state index contributed by atoms with van der Waals surface area (Å²) < 4.78 is 10.6. The fraction of sp³-hybridized carbons (Fsp3) is 0.350. The number of anilines is 1. The maximum Gasteiger partial charge on any atom is 0.339 e. The Morgan fingerprint density at radius 1 is 1.34 bits per heavy atom. The number of rotatable bonds is 5. The third-order valence-corrected chi connectivity index (χ3v) is 5.03. The van der Waals surface area contributed by atoms with Crippen molar-refractivity contribution >= 4 is 23.5 Å². The second-order valence-electron chi connectivity index (χ2n) is 6.83. The minimum Gasteiger partial charge on any atom is -0.593 e. The maximum absolute atomic E-state index is 12.8. The van der Waals surface area contributed by atoms with Crippen molar-refractivity contribution in [3.05, 3.63) is 53.5 Å². The molecule has 2 heterocycles. The van der Waals surface area contributed by atoms with Gasteiger partial charge in [-0.05, 0) is 48.1 Å². The molecule has 4 rings (SSSR count). The van der Waals surface area contributed by atoms with Gasteiger partial charge in [0.05, 0.1) is 12.7 Å². The second kappa shape index (κ2) is 8.87. The Morgan fingerprint density at radius 2 is 2.14 bits per heavy atom. The molecule has 1 aromatic carbocycles. The average molecular weight is 472 g/mol. The molecule has 1 fully saturated rings. The predicted molar refractivity (Wildman–Crippen MR) is 96.1 cm³/mol. The van der Waals surface area contributed by atoms with Crippen LogP contribution in [0, 0.1) is 6.26 Å². The Hall–Kier alpha value is -1.87. The topological polar surface area (TPSA) is 100 Å². The number of fused-ring (bicyclic) bond motifs is 1. The third kappa shape index (κ3) is 4.07. The predicted octanol–water partition coefficient (Wildman–Crippen LogP) is 1.96. The zero-order chi connectivity index (χ0) is 19.8. The average Bonchev–Trinajstić information content (AvgIpc) is 3.35. The quantitative estimate of drug-likeness (QED) is 0.528. The standard InChI is InChI=1S/C20H19N2O6.Y/c1-12(23)21-19(25)17(11-27-10-15-3-2-8-28-15)22(20(21)26)14-5-6-16-13(9-14)4-7-18(16)24;/h2-3,5-6,9,17-18,24H,4,7,10-11H2,1H3;/q-1;. The molecule has 0 spiro atoms. The van der Waals surface area contributed by atoms with Gasteiger partial charge in [0, 0.05) is 51.9 Å². The summed E-state index contributed by atoms with van der Waals surface area (Å²) in [6, 6.07) is 6.85. The SMILES string of the molecule is CC(=O)N1C(=O)C(COCc2cc[c-]o2)N(c2ccc3c(c2)CCC3O)C1=O.[Y]. The number of imide groups is 3. The Balaban J connectivity index is 0.00000240. The first-order valence-electron chi connectivity index (χ1n) is 8.98. The van der Waals surface area contributed by atoms with E-state index in [1.807, 2.05) is 0 Å². The number of benzene rings is 1. The minimum absolute atomic E-state index is 0. The number of aryl methyl sites for hydroxylation is 1. The van der Waals surface area contributed by atoms with E-state index in [1.165, 1.54) is 11.8 Å². The van der Waals surface area contributed by atoms with Gasteiger partial charge in [0.2, 0.25) is 5.91 Å². The first-order chi connectivity index (χ1) is 13.5. The van der Waals surface area contributed by atoms with E-state index >= 15 is 0 Å². The first kappa shape index (κ1) is 21.8. The van der Waals surface area contributed by atoms with Crippen LogP contribution in [0.3, 0.4) is 0 Å². The monoisotopic (exact) mass is 472 g/mol. The Kier molecular flexibility index (Phi) is 6.68. The Bertz CT molecular complexity index is 929. The summed E-state index contributed by atoms with van der Waals surface area (Å²) in [7, 11) is 0. The van der Waals surface area contributed by atoms with Crippen molar-refractivity contribution in [3.63, 3.8) is 0 Å². The van der Waals surface area contributed by atoms with E-state index in [0.29, 0.717) is 29.2 Å². The van der Waals surface area contributed by atoms with Crippen LogP contribution in [0.2, 0.25) is 0 Å². The van der Waals surface area contributed by atoms with E-state index in [9.17, 15) is 19.5 Å². The molecular formula is C20H19N2O6Y-. The van der Waals surface area contributed by atoms with Gasteiger partial charge in [0.1, 0.15) is 6.04 Å². The van der Waals surface area contributed by atoms with Crippen LogP contribution in [0.4, 0.5) is 10.5 Å².